The van der Waals surface area contributed by atoms with Gasteiger partial charge in [-0.2, -0.15) is 0 Å². The average molecular weight is 399 g/mol. The Kier molecular flexibility index (Phi) is 4.85. The highest BCUT2D eigenvalue weighted by molar-refractivity contribution is 7.17. The summed E-state index contributed by atoms with van der Waals surface area (Å²) in [6.07, 6.45) is 3.87. The summed E-state index contributed by atoms with van der Waals surface area (Å²) in [5, 5.41) is 6.75. The quantitative estimate of drug-likeness (QED) is 0.647. The number of anilines is 1. The zero-order valence-electron chi connectivity index (χ0n) is 14.8. The van der Waals surface area contributed by atoms with Gasteiger partial charge in [0.15, 0.2) is 0 Å². The van der Waals surface area contributed by atoms with Crippen LogP contribution in [0, 0.1) is 0 Å². The Hall–Kier alpha value is -2.44. The molecule has 1 aromatic carbocycles. The highest BCUT2D eigenvalue weighted by Crippen LogP contribution is 2.47. The number of aromatic nitrogens is 2. The van der Waals surface area contributed by atoms with Gasteiger partial charge in [0, 0.05) is 30.2 Å². The lowest BCUT2D eigenvalue weighted by Crippen LogP contribution is -2.31. The second kappa shape index (κ2) is 7.29. The molecular formula is C20H19ClN4OS. The minimum atomic E-state index is -0.0469. The predicted molar refractivity (Wildman–Crippen MR) is 110 cm³/mol. The molecule has 0 aliphatic heterocycles. The third-order valence-electron chi connectivity index (χ3n) is 4.86. The first kappa shape index (κ1) is 17.9. The fraction of sp³-hybridized carbons (Fsp3) is 0.250. The SMILES string of the molecule is CNc1nccc(-c2ccc(C(=O)NCC3(c4ccc(Cl)cc4)CC3)s2)n1. The average Bonchev–Trinajstić information content (AvgIpc) is 3.33. The molecule has 2 heterocycles. The van der Waals surface area contributed by atoms with Gasteiger partial charge < -0.3 is 10.6 Å². The lowest BCUT2D eigenvalue weighted by atomic mass is 9.96. The van der Waals surface area contributed by atoms with Gasteiger partial charge in [0.2, 0.25) is 5.95 Å². The summed E-state index contributed by atoms with van der Waals surface area (Å²) in [5.41, 5.74) is 2.09. The Balaban J connectivity index is 1.43. The van der Waals surface area contributed by atoms with Gasteiger partial charge in [-0.05, 0) is 48.7 Å². The van der Waals surface area contributed by atoms with E-state index in [0.717, 1.165) is 28.4 Å². The molecule has 0 bridgehead atoms. The summed E-state index contributed by atoms with van der Waals surface area (Å²) < 4.78 is 0. The molecule has 0 atom stereocenters. The van der Waals surface area contributed by atoms with Crippen molar-refractivity contribution in [1.29, 1.82) is 0 Å². The molecule has 0 radical (unpaired) electrons. The van der Waals surface area contributed by atoms with Gasteiger partial charge in [-0.15, -0.1) is 11.3 Å². The lowest BCUT2D eigenvalue weighted by molar-refractivity contribution is 0.0954. The van der Waals surface area contributed by atoms with Crippen LogP contribution >= 0.6 is 22.9 Å². The van der Waals surface area contributed by atoms with Crippen LogP contribution in [0.25, 0.3) is 10.6 Å². The van der Waals surface area contributed by atoms with Gasteiger partial charge in [-0.25, -0.2) is 9.97 Å². The molecule has 1 fully saturated rings. The van der Waals surface area contributed by atoms with E-state index in [0.29, 0.717) is 17.4 Å². The maximum Gasteiger partial charge on any atom is 0.261 e. The molecule has 3 aromatic rings. The Bertz CT molecular complexity index is 966. The molecule has 7 heteroatoms. The predicted octanol–water partition coefficient (Wildman–Crippen LogP) is 4.36. The van der Waals surface area contributed by atoms with E-state index in [-0.39, 0.29) is 11.3 Å². The minimum absolute atomic E-state index is 0.0469. The van der Waals surface area contributed by atoms with Crippen molar-refractivity contribution in [2.45, 2.75) is 18.3 Å². The number of carbonyl (C=O) groups is 1. The van der Waals surface area contributed by atoms with Crippen molar-refractivity contribution in [3.63, 3.8) is 0 Å². The third kappa shape index (κ3) is 3.82. The summed E-state index contributed by atoms with van der Waals surface area (Å²) in [6.45, 7) is 0.637. The molecule has 2 N–H and O–H groups in total. The summed E-state index contributed by atoms with van der Waals surface area (Å²) in [4.78, 5) is 22.8. The lowest BCUT2D eigenvalue weighted by Gasteiger charge is -2.16. The van der Waals surface area contributed by atoms with Gasteiger partial charge >= 0.3 is 0 Å². The van der Waals surface area contributed by atoms with Crippen LogP contribution in [0.2, 0.25) is 5.02 Å². The van der Waals surface area contributed by atoms with Crippen LogP contribution < -0.4 is 10.6 Å². The zero-order valence-corrected chi connectivity index (χ0v) is 16.4. The number of nitrogens with zero attached hydrogens (tertiary/aromatic N) is 2. The van der Waals surface area contributed by atoms with Crippen LogP contribution in [0.3, 0.4) is 0 Å². The number of hydrogen-bond donors (Lipinski definition) is 2. The van der Waals surface area contributed by atoms with Crippen LogP contribution in [0.4, 0.5) is 5.95 Å². The Morgan fingerprint density at radius 1 is 1.19 bits per heavy atom. The number of carbonyl (C=O) groups excluding carboxylic acids is 1. The second-order valence-electron chi connectivity index (χ2n) is 6.65. The minimum Gasteiger partial charge on any atom is -0.357 e. The van der Waals surface area contributed by atoms with E-state index in [2.05, 4.69) is 32.7 Å². The maximum absolute atomic E-state index is 12.6. The summed E-state index contributed by atoms with van der Waals surface area (Å²) in [6, 6.07) is 13.5. The topological polar surface area (TPSA) is 66.9 Å². The van der Waals surface area contributed by atoms with Crippen LogP contribution in [0.15, 0.2) is 48.7 Å². The fourth-order valence-electron chi connectivity index (χ4n) is 3.07. The van der Waals surface area contributed by atoms with Crippen LogP contribution in [-0.4, -0.2) is 29.5 Å². The van der Waals surface area contributed by atoms with Crippen LogP contribution in [0.1, 0.15) is 28.1 Å². The van der Waals surface area contributed by atoms with Crippen LogP contribution in [0.5, 0.6) is 0 Å². The molecular weight excluding hydrogens is 380 g/mol. The first-order chi connectivity index (χ1) is 13.1. The van der Waals surface area contributed by atoms with E-state index in [9.17, 15) is 4.79 Å². The van der Waals surface area contributed by atoms with Crippen molar-refractivity contribution < 1.29 is 4.79 Å². The number of halogens is 1. The largest absolute Gasteiger partial charge is 0.357 e. The van der Waals surface area contributed by atoms with Gasteiger partial charge in [0.25, 0.3) is 5.91 Å². The van der Waals surface area contributed by atoms with E-state index >= 15 is 0 Å². The van der Waals surface area contributed by atoms with Crippen molar-refractivity contribution in [2.75, 3.05) is 18.9 Å². The van der Waals surface area contributed by atoms with Gasteiger partial charge in [-0.3, -0.25) is 4.79 Å². The van der Waals surface area contributed by atoms with Crippen molar-refractivity contribution in [1.82, 2.24) is 15.3 Å². The summed E-state index contributed by atoms with van der Waals surface area (Å²) >= 11 is 7.41. The molecule has 1 saturated carbocycles. The standard InChI is InChI=1S/C20H19ClN4OS/c1-22-19-23-11-8-15(25-19)16-6-7-17(27-16)18(26)24-12-20(9-10-20)13-2-4-14(21)5-3-13/h2-8,11H,9-10,12H2,1H3,(H,24,26)(H,22,23,25). The molecule has 1 aliphatic rings. The molecule has 27 heavy (non-hydrogen) atoms. The zero-order chi connectivity index (χ0) is 18.9. The number of amides is 1. The molecule has 138 valence electrons. The molecule has 0 spiro atoms. The Labute approximate surface area is 166 Å². The smallest absolute Gasteiger partial charge is 0.261 e. The molecule has 1 amide bonds. The number of benzene rings is 1. The Morgan fingerprint density at radius 3 is 2.67 bits per heavy atom. The van der Waals surface area contributed by atoms with Gasteiger partial charge in [0.05, 0.1) is 15.4 Å². The third-order valence-corrected chi connectivity index (χ3v) is 6.22. The van der Waals surface area contributed by atoms with E-state index in [1.165, 1.54) is 16.9 Å². The Morgan fingerprint density at radius 2 is 1.96 bits per heavy atom. The second-order valence-corrected chi connectivity index (χ2v) is 8.17. The monoisotopic (exact) mass is 398 g/mol. The first-order valence-electron chi connectivity index (χ1n) is 8.75. The maximum atomic E-state index is 12.6. The molecule has 1 aliphatic carbocycles. The van der Waals surface area contributed by atoms with Gasteiger partial charge in [0.1, 0.15) is 0 Å². The van der Waals surface area contributed by atoms with Crippen molar-refractivity contribution >= 4 is 34.8 Å². The van der Waals surface area contributed by atoms with E-state index in [1.807, 2.05) is 30.3 Å². The number of thiophene rings is 1. The van der Waals surface area contributed by atoms with Crippen LogP contribution in [-0.2, 0) is 5.41 Å². The highest BCUT2D eigenvalue weighted by atomic mass is 35.5. The van der Waals surface area contributed by atoms with E-state index in [4.69, 9.17) is 11.6 Å². The summed E-state index contributed by atoms with van der Waals surface area (Å²) in [7, 11) is 1.78. The molecule has 0 unspecified atom stereocenters. The molecule has 4 rings (SSSR count). The van der Waals surface area contributed by atoms with E-state index in [1.54, 1.807) is 13.2 Å². The van der Waals surface area contributed by atoms with E-state index < -0.39 is 0 Å². The van der Waals surface area contributed by atoms with Gasteiger partial charge in [-0.1, -0.05) is 23.7 Å². The fourth-order valence-corrected chi connectivity index (χ4v) is 4.09. The summed E-state index contributed by atoms with van der Waals surface area (Å²) in [5.74, 6) is 0.514. The van der Waals surface area contributed by atoms with Crippen molar-refractivity contribution in [3.05, 3.63) is 64.1 Å². The molecule has 2 aromatic heterocycles. The molecule has 5 nitrogen and oxygen atoms in total. The highest BCUT2D eigenvalue weighted by Gasteiger charge is 2.44. The first-order valence-corrected chi connectivity index (χ1v) is 9.94. The van der Waals surface area contributed by atoms with Crippen molar-refractivity contribution in [2.24, 2.45) is 0 Å². The normalized spacial score (nSPS) is 14.6. The molecule has 0 saturated heterocycles. The van der Waals surface area contributed by atoms with Crippen molar-refractivity contribution in [3.8, 4) is 10.6 Å². The number of rotatable bonds is 6. The number of nitrogens with one attached hydrogen (secondary N) is 2. The number of hydrogen-bond acceptors (Lipinski definition) is 5.